The van der Waals surface area contributed by atoms with Crippen LogP contribution in [0.5, 0.6) is 0 Å². The first-order chi connectivity index (χ1) is 8.09. The van der Waals surface area contributed by atoms with Gasteiger partial charge in [0.15, 0.2) is 0 Å². The minimum Gasteiger partial charge on any atom is -0.282 e. The first kappa shape index (κ1) is 15.4. The van der Waals surface area contributed by atoms with Gasteiger partial charge in [-0.2, -0.15) is 0 Å². The smallest absolute Gasteiger partial charge is 0.233 e. The molecule has 0 atom stereocenters. The van der Waals surface area contributed by atoms with E-state index >= 15 is 0 Å². The van der Waals surface area contributed by atoms with Crippen molar-refractivity contribution in [2.24, 2.45) is 0 Å². The number of sulfonamides is 1. The number of nitrogens with one attached hydrogen (secondary N) is 1. The van der Waals surface area contributed by atoms with Gasteiger partial charge in [0, 0.05) is 10.7 Å². The Labute approximate surface area is 113 Å². The van der Waals surface area contributed by atoms with Gasteiger partial charge in [-0.1, -0.05) is 0 Å². The van der Waals surface area contributed by atoms with Gasteiger partial charge in [-0.3, -0.25) is 4.72 Å². The number of hydrogen-bond acceptors (Lipinski definition) is 4. The van der Waals surface area contributed by atoms with E-state index in [4.69, 9.17) is 0 Å². The van der Waals surface area contributed by atoms with Crippen LogP contribution in [-0.4, -0.2) is 34.6 Å². The lowest BCUT2D eigenvalue weighted by atomic mass is 10.3. The highest BCUT2D eigenvalue weighted by atomic mass is 79.9. The van der Waals surface area contributed by atoms with Crippen LogP contribution in [0.15, 0.2) is 22.7 Å². The number of halogens is 2. The zero-order valence-corrected chi connectivity index (χ0v) is 12.6. The van der Waals surface area contributed by atoms with E-state index in [2.05, 4.69) is 20.7 Å². The highest BCUT2D eigenvalue weighted by molar-refractivity contribution is 9.10. The Balaban J connectivity index is 2.86. The van der Waals surface area contributed by atoms with E-state index in [-0.39, 0.29) is 5.69 Å². The molecule has 0 aromatic heterocycles. The highest BCUT2D eigenvalue weighted by Crippen LogP contribution is 2.24. The molecule has 0 amide bonds. The first-order valence-electron chi connectivity index (χ1n) is 4.72. The van der Waals surface area contributed by atoms with Crippen molar-refractivity contribution in [2.45, 2.75) is 0 Å². The summed E-state index contributed by atoms with van der Waals surface area (Å²) in [6.45, 7) is 0. The number of hydrogen-bond donors (Lipinski definition) is 1. The van der Waals surface area contributed by atoms with Crippen LogP contribution in [0.25, 0.3) is 0 Å². The molecule has 0 aliphatic rings. The van der Waals surface area contributed by atoms with E-state index in [0.717, 1.165) is 12.3 Å². The van der Waals surface area contributed by atoms with Gasteiger partial charge in [0.2, 0.25) is 10.0 Å². The number of rotatable bonds is 5. The van der Waals surface area contributed by atoms with Crippen molar-refractivity contribution in [3.05, 3.63) is 28.5 Å². The van der Waals surface area contributed by atoms with Gasteiger partial charge in [0.1, 0.15) is 15.7 Å². The predicted octanol–water partition coefficient (Wildman–Crippen LogP) is 1.37. The molecule has 1 N–H and O–H groups in total. The normalized spacial score (nSPS) is 12.4. The van der Waals surface area contributed by atoms with E-state index in [1.165, 1.54) is 12.1 Å². The maximum absolute atomic E-state index is 12.9. The van der Waals surface area contributed by atoms with Crippen LogP contribution in [0.4, 0.5) is 10.1 Å². The highest BCUT2D eigenvalue weighted by Gasteiger charge is 2.16. The molecule has 9 heteroatoms. The standard InChI is InChI=1S/C9H11BrFNO4S2/c1-17(13,14)4-5-18(15,16)12-9-6-7(11)2-3-8(9)10/h2-3,6,12H,4-5H2,1H3. The average Bonchev–Trinajstić information content (AvgIpc) is 2.20. The second-order valence-electron chi connectivity index (χ2n) is 3.67. The largest absolute Gasteiger partial charge is 0.282 e. The van der Waals surface area contributed by atoms with Crippen LogP contribution in [0.1, 0.15) is 0 Å². The van der Waals surface area contributed by atoms with E-state index in [1.807, 2.05) is 0 Å². The Morgan fingerprint density at radius 1 is 1.22 bits per heavy atom. The molecule has 102 valence electrons. The average molecular weight is 360 g/mol. The lowest BCUT2D eigenvalue weighted by molar-refractivity contribution is 0.593. The van der Waals surface area contributed by atoms with Gasteiger partial charge in [-0.25, -0.2) is 21.2 Å². The molecule has 0 radical (unpaired) electrons. The van der Waals surface area contributed by atoms with Crippen LogP contribution < -0.4 is 4.72 Å². The van der Waals surface area contributed by atoms with Gasteiger partial charge in [0.25, 0.3) is 0 Å². The molecular formula is C9H11BrFNO4S2. The summed E-state index contributed by atoms with van der Waals surface area (Å²) in [5, 5.41) is 0. The summed E-state index contributed by atoms with van der Waals surface area (Å²) in [6, 6.07) is 3.52. The Morgan fingerprint density at radius 2 is 1.83 bits per heavy atom. The van der Waals surface area contributed by atoms with Crippen molar-refractivity contribution in [3.63, 3.8) is 0 Å². The third kappa shape index (κ3) is 5.32. The van der Waals surface area contributed by atoms with Crippen LogP contribution in [0.3, 0.4) is 0 Å². The molecule has 0 saturated carbocycles. The fourth-order valence-corrected chi connectivity index (χ4v) is 4.23. The summed E-state index contributed by atoms with van der Waals surface area (Å²) >= 11 is 3.06. The molecule has 5 nitrogen and oxygen atoms in total. The van der Waals surface area contributed by atoms with Crippen molar-refractivity contribution >= 4 is 41.5 Å². The fraction of sp³-hybridized carbons (Fsp3) is 0.333. The predicted molar refractivity (Wildman–Crippen MR) is 71.2 cm³/mol. The lowest BCUT2D eigenvalue weighted by Crippen LogP contribution is -2.22. The fourth-order valence-electron chi connectivity index (χ4n) is 1.06. The lowest BCUT2D eigenvalue weighted by Gasteiger charge is -2.09. The van der Waals surface area contributed by atoms with Crippen LogP contribution in [0, 0.1) is 5.82 Å². The van der Waals surface area contributed by atoms with Crippen LogP contribution in [-0.2, 0) is 19.9 Å². The Kier molecular flexibility index (Phi) is 4.73. The molecule has 0 aliphatic carbocycles. The van der Waals surface area contributed by atoms with Crippen molar-refractivity contribution in [1.29, 1.82) is 0 Å². The van der Waals surface area contributed by atoms with Gasteiger partial charge in [0.05, 0.1) is 17.2 Å². The van der Waals surface area contributed by atoms with Crippen LogP contribution in [0.2, 0.25) is 0 Å². The second-order valence-corrected chi connectivity index (χ2v) is 8.63. The molecule has 0 unspecified atom stereocenters. The maximum atomic E-state index is 12.9. The molecule has 0 fully saturated rings. The monoisotopic (exact) mass is 359 g/mol. The molecule has 1 rings (SSSR count). The molecule has 0 bridgehead atoms. The molecule has 0 spiro atoms. The van der Waals surface area contributed by atoms with Gasteiger partial charge in [-0.15, -0.1) is 0 Å². The minimum atomic E-state index is -3.83. The maximum Gasteiger partial charge on any atom is 0.233 e. The number of anilines is 1. The van der Waals surface area contributed by atoms with Crippen molar-refractivity contribution in [2.75, 3.05) is 22.5 Å². The van der Waals surface area contributed by atoms with Gasteiger partial charge >= 0.3 is 0 Å². The Bertz CT molecular complexity index is 643. The van der Waals surface area contributed by atoms with Gasteiger partial charge < -0.3 is 0 Å². The summed E-state index contributed by atoms with van der Waals surface area (Å²) in [6.07, 6.45) is 0.945. The molecule has 0 heterocycles. The van der Waals surface area contributed by atoms with Gasteiger partial charge in [-0.05, 0) is 34.1 Å². The summed E-state index contributed by atoms with van der Waals surface area (Å²) in [4.78, 5) is 0. The minimum absolute atomic E-state index is 0.0310. The molecular weight excluding hydrogens is 349 g/mol. The number of sulfone groups is 1. The third-order valence-electron chi connectivity index (χ3n) is 1.92. The van der Waals surface area contributed by atoms with E-state index in [9.17, 15) is 21.2 Å². The summed E-state index contributed by atoms with van der Waals surface area (Å²) in [5.74, 6) is -1.66. The third-order valence-corrected chi connectivity index (χ3v) is 5.08. The SMILES string of the molecule is CS(=O)(=O)CCS(=O)(=O)Nc1cc(F)ccc1Br. The quantitative estimate of drug-likeness (QED) is 0.860. The van der Waals surface area contributed by atoms with Crippen molar-refractivity contribution < 1.29 is 21.2 Å². The van der Waals surface area contributed by atoms with Crippen molar-refractivity contribution in [3.8, 4) is 0 Å². The zero-order valence-electron chi connectivity index (χ0n) is 9.35. The molecule has 1 aromatic carbocycles. The molecule has 1 aromatic rings. The summed E-state index contributed by atoms with van der Waals surface area (Å²) in [5.41, 5.74) is 0.0310. The number of benzene rings is 1. The van der Waals surface area contributed by atoms with Crippen LogP contribution >= 0.6 is 15.9 Å². The topological polar surface area (TPSA) is 80.3 Å². The Morgan fingerprint density at radius 3 is 2.39 bits per heavy atom. The summed E-state index contributed by atoms with van der Waals surface area (Å²) < 4.78 is 60.4. The molecule has 0 saturated heterocycles. The van der Waals surface area contributed by atoms with E-state index in [0.29, 0.717) is 4.47 Å². The van der Waals surface area contributed by atoms with Crippen molar-refractivity contribution in [1.82, 2.24) is 0 Å². The summed E-state index contributed by atoms with van der Waals surface area (Å²) in [7, 11) is -7.21. The molecule has 0 aliphatic heterocycles. The zero-order chi connectivity index (χ0) is 14.0. The van der Waals surface area contributed by atoms with E-state index < -0.39 is 37.2 Å². The Hall–Kier alpha value is -0.670. The second kappa shape index (κ2) is 5.54. The van der Waals surface area contributed by atoms with E-state index in [1.54, 1.807) is 0 Å². The first-order valence-corrected chi connectivity index (χ1v) is 9.23. The molecule has 18 heavy (non-hydrogen) atoms.